The number of aromatic nitrogens is 4. The van der Waals surface area contributed by atoms with Gasteiger partial charge in [-0.15, -0.1) is 0 Å². The number of nitrogen functional groups attached to an aromatic ring is 1. The quantitative estimate of drug-likeness (QED) is 0.595. The van der Waals surface area contributed by atoms with Crippen molar-refractivity contribution < 1.29 is 5.11 Å². The number of nitrogens with two attached hydrogens (primary N) is 1. The minimum atomic E-state index is -0.207. The zero-order chi connectivity index (χ0) is 17.2. The molecule has 0 spiro atoms. The summed E-state index contributed by atoms with van der Waals surface area (Å²) in [5.41, 5.74) is 7.88. The summed E-state index contributed by atoms with van der Waals surface area (Å²) in [5.74, 6) is 1.31. The van der Waals surface area contributed by atoms with Crippen LogP contribution in [0, 0.1) is 0 Å². The van der Waals surface area contributed by atoms with Gasteiger partial charge in [0.1, 0.15) is 5.82 Å². The Kier molecular flexibility index (Phi) is 4.23. The molecule has 7 heteroatoms. The predicted octanol–water partition coefficient (Wildman–Crippen LogP) is 2.15. The summed E-state index contributed by atoms with van der Waals surface area (Å²) < 4.78 is 2.02. The van der Waals surface area contributed by atoms with Gasteiger partial charge < -0.3 is 16.2 Å². The maximum Gasteiger partial charge on any atom is 0.222 e. The zero-order valence-electron chi connectivity index (χ0n) is 14.0. The molecule has 0 unspecified atom stereocenters. The third-order valence-corrected chi connectivity index (χ3v) is 4.70. The highest BCUT2D eigenvalue weighted by Crippen LogP contribution is 2.36. The molecule has 1 aliphatic rings. The van der Waals surface area contributed by atoms with Gasteiger partial charge in [-0.05, 0) is 25.3 Å². The number of rotatable bonds is 6. The molecule has 7 nitrogen and oxygen atoms in total. The Labute approximate surface area is 145 Å². The average molecular weight is 338 g/mol. The third-order valence-electron chi connectivity index (χ3n) is 4.70. The van der Waals surface area contributed by atoms with E-state index >= 15 is 0 Å². The summed E-state index contributed by atoms with van der Waals surface area (Å²) in [7, 11) is 0. The number of aryl methyl sites for hydroxylation is 1. The Hall–Kier alpha value is -2.67. The van der Waals surface area contributed by atoms with Gasteiger partial charge in [-0.3, -0.25) is 4.68 Å². The summed E-state index contributed by atoms with van der Waals surface area (Å²) in [4.78, 5) is 8.54. The van der Waals surface area contributed by atoms with Gasteiger partial charge in [0, 0.05) is 30.5 Å². The Morgan fingerprint density at radius 2 is 2.08 bits per heavy atom. The monoisotopic (exact) mass is 338 g/mol. The van der Waals surface area contributed by atoms with E-state index in [1.807, 2.05) is 29.1 Å². The van der Waals surface area contributed by atoms with Crippen LogP contribution in [0.2, 0.25) is 0 Å². The van der Waals surface area contributed by atoms with Gasteiger partial charge in [0.2, 0.25) is 5.95 Å². The van der Waals surface area contributed by atoms with E-state index in [-0.39, 0.29) is 18.0 Å². The fourth-order valence-corrected chi connectivity index (χ4v) is 3.26. The number of para-hydroxylation sites is 1. The van der Waals surface area contributed by atoms with Crippen molar-refractivity contribution in [2.24, 2.45) is 0 Å². The van der Waals surface area contributed by atoms with E-state index in [4.69, 9.17) is 5.73 Å². The van der Waals surface area contributed by atoms with Crippen LogP contribution in [-0.4, -0.2) is 37.5 Å². The second kappa shape index (κ2) is 6.68. The van der Waals surface area contributed by atoms with Gasteiger partial charge in [-0.2, -0.15) is 10.1 Å². The van der Waals surface area contributed by atoms with Crippen molar-refractivity contribution in [2.45, 2.75) is 37.8 Å². The number of benzene rings is 1. The summed E-state index contributed by atoms with van der Waals surface area (Å²) >= 11 is 0. The minimum absolute atomic E-state index is 0.207. The van der Waals surface area contributed by atoms with Crippen molar-refractivity contribution in [1.82, 2.24) is 19.7 Å². The van der Waals surface area contributed by atoms with E-state index < -0.39 is 0 Å². The number of nitrogens with zero attached hydrogens (tertiary/aromatic N) is 4. The van der Waals surface area contributed by atoms with Gasteiger partial charge in [-0.1, -0.05) is 18.2 Å². The van der Waals surface area contributed by atoms with Crippen molar-refractivity contribution in [1.29, 1.82) is 0 Å². The molecular formula is C18H22N6O. The van der Waals surface area contributed by atoms with Gasteiger partial charge in [0.15, 0.2) is 0 Å². The third kappa shape index (κ3) is 3.41. The lowest BCUT2D eigenvalue weighted by atomic mass is 9.80. The molecule has 2 heterocycles. The number of aliphatic hydroxyl groups is 1. The van der Waals surface area contributed by atoms with Crippen LogP contribution in [0.15, 0.2) is 36.5 Å². The molecule has 1 fully saturated rings. The molecule has 25 heavy (non-hydrogen) atoms. The van der Waals surface area contributed by atoms with Crippen LogP contribution >= 0.6 is 0 Å². The number of fused-ring (bicyclic) bond motifs is 1. The van der Waals surface area contributed by atoms with Gasteiger partial charge >= 0.3 is 0 Å². The van der Waals surface area contributed by atoms with Gasteiger partial charge in [0.25, 0.3) is 0 Å². The van der Waals surface area contributed by atoms with E-state index in [0.29, 0.717) is 0 Å². The number of nitrogens with one attached hydrogen (secondary N) is 1. The van der Waals surface area contributed by atoms with Crippen LogP contribution in [0.3, 0.4) is 0 Å². The molecule has 1 saturated carbocycles. The molecule has 0 amide bonds. The molecule has 1 aliphatic carbocycles. The van der Waals surface area contributed by atoms with E-state index in [0.717, 1.165) is 54.8 Å². The fraction of sp³-hybridized carbons (Fsp3) is 0.389. The highest BCUT2D eigenvalue weighted by atomic mass is 16.3. The highest BCUT2D eigenvalue weighted by Gasteiger charge is 2.30. The maximum atomic E-state index is 9.46. The lowest BCUT2D eigenvalue weighted by molar-refractivity contribution is 0.0732. The lowest BCUT2D eigenvalue weighted by Crippen LogP contribution is -2.27. The Morgan fingerprint density at radius 1 is 1.24 bits per heavy atom. The Morgan fingerprint density at radius 3 is 2.92 bits per heavy atom. The fourth-order valence-electron chi connectivity index (χ4n) is 3.26. The second-order valence-electron chi connectivity index (χ2n) is 6.57. The van der Waals surface area contributed by atoms with Crippen LogP contribution in [0.1, 0.15) is 30.9 Å². The molecule has 4 N–H and O–H groups in total. The summed E-state index contributed by atoms with van der Waals surface area (Å²) in [6.07, 6.45) is 4.12. The first-order valence-corrected chi connectivity index (χ1v) is 8.66. The van der Waals surface area contributed by atoms with Crippen molar-refractivity contribution in [3.05, 3.63) is 42.2 Å². The first-order chi connectivity index (χ1) is 12.2. The molecule has 1 aromatic carbocycles. The Bertz CT molecular complexity index is 871. The van der Waals surface area contributed by atoms with Crippen LogP contribution < -0.4 is 11.1 Å². The largest absolute Gasteiger partial charge is 0.393 e. The SMILES string of the molecule is Nc1nc(NCCCn2ncc3ccccc32)cc(C2CC(O)C2)n1. The summed E-state index contributed by atoms with van der Waals surface area (Å²) in [6.45, 7) is 1.61. The molecule has 0 atom stereocenters. The van der Waals surface area contributed by atoms with Gasteiger partial charge in [0.05, 0.1) is 23.5 Å². The van der Waals surface area contributed by atoms with Crippen LogP contribution in [0.4, 0.5) is 11.8 Å². The second-order valence-corrected chi connectivity index (χ2v) is 6.57. The molecule has 3 aromatic rings. The van der Waals surface area contributed by atoms with Crippen LogP contribution in [0.5, 0.6) is 0 Å². The van der Waals surface area contributed by atoms with E-state index in [2.05, 4.69) is 32.5 Å². The first-order valence-electron chi connectivity index (χ1n) is 8.66. The van der Waals surface area contributed by atoms with E-state index in [1.54, 1.807) is 0 Å². The molecule has 0 saturated heterocycles. The standard InChI is InChI=1S/C18H22N6O/c19-18-22-15(13-8-14(25)9-13)10-17(23-18)20-6-3-7-24-16-5-2-1-4-12(16)11-21-24/h1-2,4-5,10-11,13-14,25H,3,6-9H2,(H3,19,20,22,23). The number of anilines is 2. The van der Waals surface area contributed by atoms with E-state index in [1.165, 1.54) is 0 Å². The normalized spacial score (nSPS) is 19.7. The first kappa shape index (κ1) is 15.8. The predicted molar refractivity (Wildman–Crippen MR) is 97.3 cm³/mol. The average Bonchev–Trinajstić information content (AvgIpc) is 2.99. The molecule has 4 rings (SSSR count). The molecule has 0 radical (unpaired) electrons. The van der Waals surface area contributed by atoms with Crippen molar-refractivity contribution in [3.63, 3.8) is 0 Å². The molecular weight excluding hydrogens is 316 g/mol. The smallest absolute Gasteiger partial charge is 0.222 e. The van der Waals surface area contributed by atoms with Crippen molar-refractivity contribution in [2.75, 3.05) is 17.6 Å². The molecule has 2 aromatic heterocycles. The minimum Gasteiger partial charge on any atom is -0.393 e. The van der Waals surface area contributed by atoms with Crippen molar-refractivity contribution in [3.8, 4) is 0 Å². The Balaban J connectivity index is 1.34. The summed E-state index contributed by atoms with van der Waals surface area (Å²) in [5, 5.41) is 18.4. The lowest BCUT2D eigenvalue weighted by Gasteiger charge is -2.30. The van der Waals surface area contributed by atoms with Crippen LogP contribution in [0.25, 0.3) is 10.9 Å². The molecule has 130 valence electrons. The van der Waals surface area contributed by atoms with Crippen molar-refractivity contribution >= 4 is 22.7 Å². The van der Waals surface area contributed by atoms with Gasteiger partial charge in [-0.25, -0.2) is 4.98 Å². The highest BCUT2D eigenvalue weighted by molar-refractivity contribution is 5.78. The topological polar surface area (TPSA) is 102 Å². The zero-order valence-corrected chi connectivity index (χ0v) is 14.0. The number of hydrogen-bond donors (Lipinski definition) is 3. The van der Waals surface area contributed by atoms with E-state index in [9.17, 15) is 5.11 Å². The maximum absolute atomic E-state index is 9.46. The van der Waals surface area contributed by atoms with Crippen LogP contribution in [-0.2, 0) is 6.54 Å². The molecule has 0 aliphatic heterocycles. The summed E-state index contributed by atoms with van der Waals surface area (Å²) in [6, 6.07) is 10.1. The number of aliphatic hydroxyl groups excluding tert-OH is 1. The number of hydrogen-bond acceptors (Lipinski definition) is 6. The molecule has 0 bridgehead atoms.